The van der Waals surface area contributed by atoms with E-state index in [0.29, 0.717) is 5.92 Å². The van der Waals surface area contributed by atoms with Crippen LogP contribution >= 0.6 is 0 Å². The summed E-state index contributed by atoms with van der Waals surface area (Å²) in [7, 11) is 2.12. The second-order valence-corrected chi connectivity index (χ2v) is 4.32. The van der Waals surface area contributed by atoms with Gasteiger partial charge >= 0.3 is 0 Å². The molecule has 0 amide bonds. The lowest BCUT2D eigenvalue weighted by Crippen LogP contribution is -2.39. The fourth-order valence-electron chi connectivity index (χ4n) is 1.79. The summed E-state index contributed by atoms with van der Waals surface area (Å²) in [6, 6.07) is 0. The molecule has 0 unspecified atom stereocenters. The molecule has 1 aliphatic rings. The van der Waals surface area contributed by atoms with E-state index < -0.39 is 0 Å². The fourth-order valence-corrected chi connectivity index (χ4v) is 1.79. The Kier molecular flexibility index (Phi) is 2.83. The summed E-state index contributed by atoms with van der Waals surface area (Å²) in [5, 5.41) is 3.20. The Balaban J connectivity index is 2.49. The van der Waals surface area contributed by atoms with Crippen LogP contribution in [0.3, 0.4) is 0 Å². The molecule has 0 N–H and O–H groups in total. The number of nitrogens with zero attached hydrogens (tertiary/aromatic N) is 2. The van der Waals surface area contributed by atoms with Gasteiger partial charge in [0.05, 0.1) is 5.54 Å². The number of hydrogen-bond acceptors (Lipinski definition) is 3. The van der Waals surface area contributed by atoms with Gasteiger partial charge in [0, 0.05) is 0 Å². The SMILES string of the molecule is CN1CCC(C(C)(C)N=O)CC1. The van der Waals surface area contributed by atoms with E-state index in [1.165, 1.54) is 0 Å². The van der Waals surface area contributed by atoms with Crippen LogP contribution in [0.1, 0.15) is 26.7 Å². The predicted octanol–water partition coefficient (Wildman–Crippen LogP) is 1.87. The van der Waals surface area contributed by atoms with E-state index in [1.807, 2.05) is 13.8 Å². The largest absolute Gasteiger partial charge is 0.306 e. The third kappa shape index (κ3) is 2.03. The molecule has 0 saturated carbocycles. The van der Waals surface area contributed by atoms with E-state index in [9.17, 15) is 4.91 Å². The monoisotopic (exact) mass is 170 g/mol. The molecule has 1 heterocycles. The molecule has 70 valence electrons. The highest BCUT2D eigenvalue weighted by molar-refractivity contribution is 4.88. The van der Waals surface area contributed by atoms with Crippen LogP contribution in [0.25, 0.3) is 0 Å². The highest BCUT2D eigenvalue weighted by Gasteiger charge is 2.32. The summed E-state index contributed by atoms with van der Waals surface area (Å²) in [5.74, 6) is 0.478. The standard InChI is InChI=1S/C9H18N2O/c1-9(2,10-12)8-4-6-11(3)7-5-8/h8H,4-7H2,1-3H3. The Morgan fingerprint density at radius 2 is 1.83 bits per heavy atom. The second kappa shape index (κ2) is 3.52. The van der Waals surface area contributed by atoms with Crippen LogP contribution in [-0.2, 0) is 0 Å². The topological polar surface area (TPSA) is 32.7 Å². The molecule has 0 radical (unpaired) electrons. The highest BCUT2D eigenvalue weighted by Crippen LogP contribution is 2.30. The minimum absolute atomic E-state index is 0.360. The van der Waals surface area contributed by atoms with Crippen LogP contribution < -0.4 is 0 Å². The maximum Gasteiger partial charge on any atom is 0.0999 e. The molecule has 0 aromatic rings. The van der Waals surface area contributed by atoms with Crippen molar-refractivity contribution in [2.24, 2.45) is 11.1 Å². The van der Waals surface area contributed by atoms with Gasteiger partial charge in [0.1, 0.15) is 0 Å². The van der Waals surface area contributed by atoms with Crippen molar-refractivity contribution in [2.45, 2.75) is 32.2 Å². The quantitative estimate of drug-likeness (QED) is 0.593. The average Bonchev–Trinajstić information content (AvgIpc) is 2.05. The maximum absolute atomic E-state index is 10.5. The molecule has 3 nitrogen and oxygen atoms in total. The molecule has 0 bridgehead atoms. The summed E-state index contributed by atoms with van der Waals surface area (Å²) < 4.78 is 0. The van der Waals surface area contributed by atoms with E-state index in [-0.39, 0.29) is 5.54 Å². The maximum atomic E-state index is 10.5. The zero-order valence-electron chi connectivity index (χ0n) is 8.21. The Morgan fingerprint density at radius 3 is 2.25 bits per heavy atom. The molecule has 1 fully saturated rings. The van der Waals surface area contributed by atoms with Gasteiger partial charge in [-0.25, -0.2) is 0 Å². The van der Waals surface area contributed by atoms with E-state index in [2.05, 4.69) is 17.1 Å². The van der Waals surface area contributed by atoms with E-state index in [0.717, 1.165) is 25.9 Å². The van der Waals surface area contributed by atoms with E-state index in [1.54, 1.807) is 0 Å². The number of likely N-dealkylation sites (tertiary alicyclic amines) is 1. The molecule has 0 spiro atoms. The molecular formula is C9H18N2O. The molecule has 0 aliphatic carbocycles. The number of nitroso groups, excluding NO2 is 1. The van der Waals surface area contributed by atoms with Crippen LogP contribution in [0.5, 0.6) is 0 Å². The molecule has 1 aliphatic heterocycles. The van der Waals surface area contributed by atoms with Crippen molar-refractivity contribution in [2.75, 3.05) is 20.1 Å². The first-order valence-corrected chi connectivity index (χ1v) is 4.59. The van der Waals surface area contributed by atoms with Crippen molar-refractivity contribution >= 4 is 0 Å². The summed E-state index contributed by atoms with van der Waals surface area (Å²) in [5.41, 5.74) is -0.360. The summed E-state index contributed by atoms with van der Waals surface area (Å²) in [6.45, 7) is 6.08. The second-order valence-electron chi connectivity index (χ2n) is 4.32. The van der Waals surface area contributed by atoms with Crippen molar-refractivity contribution in [3.05, 3.63) is 4.91 Å². The molecular weight excluding hydrogens is 152 g/mol. The van der Waals surface area contributed by atoms with Gasteiger partial charge in [-0.15, -0.1) is 0 Å². The first kappa shape index (κ1) is 9.65. The molecule has 1 rings (SSSR count). The normalized spacial score (nSPS) is 22.6. The lowest BCUT2D eigenvalue weighted by molar-refractivity contribution is 0.166. The zero-order valence-corrected chi connectivity index (χ0v) is 8.21. The Hall–Kier alpha value is -0.440. The first-order valence-electron chi connectivity index (χ1n) is 4.59. The Labute approximate surface area is 74.1 Å². The Bertz CT molecular complexity index is 160. The zero-order chi connectivity index (χ0) is 9.19. The van der Waals surface area contributed by atoms with Gasteiger partial charge in [-0.1, -0.05) is 5.18 Å². The van der Waals surface area contributed by atoms with Gasteiger partial charge in [0.2, 0.25) is 0 Å². The molecule has 1 saturated heterocycles. The van der Waals surface area contributed by atoms with Crippen molar-refractivity contribution in [3.63, 3.8) is 0 Å². The molecule has 0 aromatic heterocycles. The summed E-state index contributed by atoms with van der Waals surface area (Å²) >= 11 is 0. The molecule has 0 aromatic carbocycles. The summed E-state index contributed by atoms with van der Waals surface area (Å²) in [6.07, 6.45) is 2.21. The van der Waals surface area contributed by atoms with E-state index >= 15 is 0 Å². The summed E-state index contributed by atoms with van der Waals surface area (Å²) in [4.78, 5) is 12.8. The van der Waals surface area contributed by atoms with Crippen molar-refractivity contribution in [1.82, 2.24) is 4.90 Å². The average molecular weight is 170 g/mol. The van der Waals surface area contributed by atoms with Crippen LogP contribution in [0.4, 0.5) is 0 Å². The van der Waals surface area contributed by atoms with Gasteiger partial charge in [-0.2, -0.15) is 4.91 Å². The van der Waals surface area contributed by atoms with Crippen LogP contribution in [0.2, 0.25) is 0 Å². The molecule has 0 atom stereocenters. The van der Waals surface area contributed by atoms with Crippen LogP contribution in [0.15, 0.2) is 5.18 Å². The smallest absolute Gasteiger partial charge is 0.0999 e. The van der Waals surface area contributed by atoms with Crippen LogP contribution in [0, 0.1) is 10.8 Å². The number of rotatable bonds is 2. The number of piperidine rings is 1. The minimum atomic E-state index is -0.360. The van der Waals surface area contributed by atoms with Gasteiger partial charge < -0.3 is 4.90 Å². The minimum Gasteiger partial charge on any atom is -0.306 e. The Morgan fingerprint density at radius 1 is 1.33 bits per heavy atom. The molecule has 3 heteroatoms. The predicted molar refractivity (Wildman–Crippen MR) is 50.1 cm³/mol. The van der Waals surface area contributed by atoms with E-state index in [4.69, 9.17) is 0 Å². The number of hydrogen-bond donors (Lipinski definition) is 0. The highest BCUT2D eigenvalue weighted by atomic mass is 16.3. The van der Waals surface area contributed by atoms with Crippen molar-refractivity contribution in [1.29, 1.82) is 0 Å². The third-order valence-electron chi connectivity index (χ3n) is 2.95. The van der Waals surface area contributed by atoms with Crippen molar-refractivity contribution in [3.8, 4) is 0 Å². The van der Waals surface area contributed by atoms with Crippen molar-refractivity contribution < 1.29 is 0 Å². The van der Waals surface area contributed by atoms with Gasteiger partial charge in [-0.05, 0) is 52.7 Å². The fraction of sp³-hybridized carbons (Fsp3) is 1.00. The van der Waals surface area contributed by atoms with Gasteiger partial charge in [-0.3, -0.25) is 0 Å². The lowest BCUT2D eigenvalue weighted by atomic mass is 9.81. The molecule has 12 heavy (non-hydrogen) atoms. The lowest BCUT2D eigenvalue weighted by Gasteiger charge is -2.35. The first-order chi connectivity index (χ1) is 5.56. The third-order valence-corrected chi connectivity index (χ3v) is 2.95. The van der Waals surface area contributed by atoms with Crippen LogP contribution in [-0.4, -0.2) is 30.6 Å². The van der Waals surface area contributed by atoms with Gasteiger partial charge in [0.25, 0.3) is 0 Å². The van der Waals surface area contributed by atoms with Gasteiger partial charge in [0.15, 0.2) is 0 Å².